The molecule has 2 aromatic rings. The van der Waals surface area contributed by atoms with Gasteiger partial charge in [0.25, 0.3) is 0 Å². The fourth-order valence-corrected chi connectivity index (χ4v) is 2.75. The first-order valence-corrected chi connectivity index (χ1v) is 6.75. The third-order valence-electron chi connectivity index (χ3n) is 3.81. The van der Waals surface area contributed by atoms with Crippen molar-refractivity contribution in [3.8, 4) is 5.69 Å². The zero-order chi connectivity index (χ0) is 13.2. The molecule has 0 amide bonds. The maximum Gasteiger partial charge on any atom is 0.125 e. The fraction of sp³-hybridized carbons (Fsp3) is 0.400. The first-order valence-electron chi connectivity index (χ1n) is 6.75. The quantitative estimate of drug-likeness (QED) is 0.898. The van der Waals surface area contributed by atoms with Crippen LogP contribution in [0.4, 0.5) is 4.39 Å². The lowest BCUT2D eigenvalue weighted by Gasteiger charge is -2.24. The van der Waals surface area contributed by atoms with Gasteiger partial charge in [-0.3, -0.25) is 0 Å². The van der Waals surface area contributed by atoms with Gasteiger partial charge in [-0.25, -0.2) is 9.37 Å². The van der Waals surface area contributed by atoms with Gasteiger partial charge in [-0.05, 0) is 44.0 Å². The van der Waals surface area contributed by atoms with E-state index in [0.29, 0.717) is 5.92 Å². The number of nitrogens with one attached hydrogen (secondary N) is 1. The SMILES string of the molecule is Cc1ccc(F)cc1-n1cncc1C1CCCNC1. The molecule has 0 aliphatic carbocycles. The maximum atomic E-state index is 13.5. The molecule has 1 unspecified atom stereocenters. The highest BCUT2D eigenvalue weighted by molar-refractivity contribution is 5.42. The van der Waals surface area contributed by atoms with Gasteiger partial charge in [0.2, 0.25) is 0 Å². The molecule has 2 heterocycles. The summed E-state index contributed by atoms with van der Waals surface area (Å²) < 4.78 is 15.5. The highest BCUT2D eigenvalue weighted by atomic mass is 19.1. The lowest BCUT2D eigenvalue weighted by molar-refractivity contribution is 0.451. The first kappa shape index (κ1) is 12.4. The molecule has 1 aromatic carbocycles. The topological polar surface area (TPSA) is 29.9 Å². The Morgan fingerprint density at radius 1 is 1.42 bits per heavy atom. The number of aromatic nitrogens is 2. The molecule has 19 heavy (non-hydrogen) atoms. The zero-order valence-electron chi connectivity index (χ0n) is 11.1. The van der Waals surface area contributed by atoms with E-state index in [2.05, 4.69) is 10.3 Å². The minimum absolute atomic E-state index is 0.206. The number of hydrogen-bond acceptors (Lipinski definition) is 2. The second-order valence-electron chi connectivity index (χ2n) is 5.16. The number of aryl methyl sites for hydroxylation is 1. The van der Waals surface area contributed by atoms with Crippen LogP contribution < -0.4 is 5.32 Å². The Hall–Kier alpha value is -1.68. The zero-order valence-corrected chi connectivity index (χ0v) is 11.1. The molecular formula is C15H18FN3. The van der Waals surface area contributed by atoms with Gasteiger partial charge in [0, 0.05) is 24.4 Å². The maximum absolute atomic E-state index is 13.5. The van der Waals surface area contributed by atoms with Crippen molar-refractivity contribution in [3.63, 3.8) is 0 Å². The second-order valence-corrected chi connectivity index (χ2v) is 5.16. The molecule has 0 bridgehead atoms. The van der Waals surface area contributed by atoms with E-state index in [1.54, 1.807) is 12.4 Å². The lowest BCUT2D eigenvalue weighted by atomic mass is 9.96. The number of hydrogen-bond donors (Lipinski definition) is 1. The van der Waals surface area contributed by atoms with Crippen molar-refractivity contribution < 1.29 is 4.39 Å². The highest BCUT2D eigenvalue weighted by Gasteiger charge is 2.20. The van der Waals surface area contributed by atoms with E-state index < -0.39 is 0 Å². The van der Waals surface area contributed by atoms with Crippen molar-refractivity contribution >= 4 is 0 Å². The number of rotatable bonds is 2. The van der Waals surface area contributed by atoms with Crippen LogP contribution in [0.25, 0.3) is 5.69 Å². The molecule has 1 aliphatic heterocycles. The summed E-state index contributed by atoms with van der Waals surface area (Å²) in [4.78, 5) is 4.26. The molecular weight excluding hydrogens is 241 g/mol. The van der Waals surface area contributed by atoms with E-state index in [9.17, 15) is 4.39 Å². The molecule has 4 heteroatoms. The summed E-state index contributed by atoms with van der Waals surface area (Å²) in [5.74, 6) is 0.251. The molecule has 3 nitrogen and oxygen atoms in total. The Balaban J connectivity index is 2.01. The van der Waals surface area contributed by atoms with E-state index in [0.717, 1.165) is 30.8 Å². The summed E-state index contributed by atoms with van der Waals surface area (Å²) in [6, 6.07) is 4.89. The van der Waals surface area contributed by atoms with Crippen LogP contribution in [0.1, 0.15) is 30.0 Å². The average molecular weight is 259 g/mol. The fourth-order valence-electron chi connectivity index (χ4n) is 2.75. The number of piperidine rings is 1. The molecule has 0 saturated carbocycles. The van der Waals surface area contributed by atoms with Crippen LogP contribution in [0.3, 0.4) is 0 Å². The molecule has 0 spiro atoms. The van der Waals surface area contributed by atoms with Crippen molar-refractivity contribution in [1.82, 2.24) is 14.9 Å². The minimum Gasteiger partial charge on any atom is -0.316 e. The van der Waals surface area contributed by atoms with Crippen molar-refractivity contribution in [2.24, 2.45) is 0 Å². The molecule has 0 radical (unpaired) electrons. The molecule has 3 rings (SSSR count). The van der Waals surface area contributed by atoms with Crippen molar-refractivity contribution in [3.05, 3.63) is 47.8 Å². The summed E-state index contributed by atoms with van der Waals surface area (Å²) in [5.41, 5.74) is 3.11. The largest absolute Gasteiger partial charge is 0.316 e. The Morgan fingerprint density at radius 2 is 2.32 bits per heavy atom. The van der Waals surface area contributed by atoms with E-state index in [1.165, 1.54) is 18.2 Å². The summed E-state index contributed by atoms with van der Waals surface area (Å²) >= 11 is 0. The third-order valence-corrected chi connectivity index (χ3v) is 3.81. The first-order chi connectivity index (χ1) is 9.25. The number of imidazole rings is 1. The van der Waals surface area contributed by atoms with Gasteiger partial charge in [-0.2, -0.15) is 0 Å². The van der Waals surface area contributed by atoms with E-state index in [-0.39, 0.29) is 5.82 Å². The van der Waals surface area contributed by atoms with Crippen molar-refractivity contribution in [1.29, 1.82) is 0 Å². The summed E-state index contributed by atoms with van der Waals surface area (Å²) in [7, 11) is 0. The summed E-state index contributed by atoms with van der Waals surface area (Å²) in [6.45, 7) is 4.06. The molecule has 100 valence electrons. The van der Waals surface area contributed by atoms with Crippen LogP contribution >= 0.6 is 0 Å². The summed E-state index contributed by atoms with van der Waals surface area (Å²) in [6.07, 6.45) is 6.03. The van der Waals surface area contributed by atoms with Gasteiger partial charge in [0.15, 0.2) is 0 Å². The number of benzene rings is 1. The van der Waals surface area contributed by atoms with Crippen molar-refractivity contribution in [2.45, 2.75) is 25.7 Å². The van der Waals surface area contributed by atoms with Gasteiger partial charge in [-0.1, -0.05) is 6.07 Å². The monoisotopic (exact) mass is 259 g/mol. The van der Waals surface area contributed by atoms with Crippen LogP contribution in [-0.4, -0.2) is 22.6 Å². The summed E-state index contributed by atoms with van der Waals surface area (Å²) in [5, 5.41) is 3.41. The van der Waals surface area contributed by atoms with E-state index in [4.69, 9.17) is 0 Å². The van der Waals surface area contributed by atoms with Crippen LogP contribution in [-0.2, 0) is 0 Å². The number of halogens is 1. The van der Waals surface area contributed by atoms with Gasteiger partial charge in [-0.15, -0.1) is 0 Å². The molecule has 1 fully saturated rings. The Bertz CT molecular complexity index is 571. The van der Waals surface area contributed by atoms with Crippen LogP contribution in [0.5, 0.6) is 0 Å². The Morgan fingerprint density at radius 3 is 3.11 bits per heavy atom. The molecule has 1 saturated heterocycles. The van der Waals surface area contributed by atoms with Crippen LogP contribution in [0.15, 0.2) is 30.7 Å². The Labute approximate surface area is 112 Å². The lowest BCUT2D eigenvalue weighted by Crippen LogP contribution is -2.29. The smallest absolute Gasteiger partial charge is 0.125 e. The van der Waals surface area contributed by atoms with Gasteiger partial charge >= 0.3 is 0 Å². The highest BCUT2D eigenvalue weighted by Crippen LogP contribution is 2.26. The van der Waals surface area contributed by atoms with Crippen molar-refractivity contribution in [2.75, 3.05) is 13.1 Å². The van der Waals surface area contributed by atoms with Gasteiger partial charge in [0.05, 0.1) is 12.0 Å². The molecule has 1 N–H and O–H groups in total. The van der Waals surface area contributed by atoms with Gasteiger partial charge in [0.1, 0.15) is 5.82 Å². The normalized spacial score (nSPS) is 19.6. The molecule has 1 aromatic heterocycles. The predicted octanol–water partition coefficient (Wildman–Crippen LogP) is 2.79. The van der Waals surface area contributed by atoms with Crippen LogP contribution in [0, 0.1) is 12.7 Å². The average Bonchev–Trinajstić information content (AvgIpc) is 2.91. The number of nitrogens with zero attached hydrogens (tertiary/aromatic N) is 2. The Kier molecular flexibility index (Phi) is 3.34. The molecule has 1 atom stereocenters. The predicted molar refractivity (Wildman–Crippen MR) is 73.1 cm³/mol. The standard InChI is InChI=1S/C15H18FN3/c1-11-4-5-13(16)7-14(11)19-10-18-9-15(19)12-3-2-6-17-8-12/h4-5,7,9-10,12,17H,2-3,6,8H2,1H3. The van der Waals surface area contributed by atoms with E-state index >= 15 is 0 Å². The second kappa shape index (κ2) is 5.13. The minimum atomic E-state index is -0.206. The third kappa shape index (κ3) is 2.40. The molecule has 1 aliphatic rings. The van der Waals surface area contributed by atoms with Gasteiger partial charge < -0.3 is 9.88 Å². The van der Waals surface area contributed by atoms with E-state index in [1.807, 2.05) is 23.8 Å². The van der Waals surface area contributed by atoms with Crippen LogP contribution in [0.2, 0.25) is 0 Å².